The summed E-state index contributed by atoms with van der Waals surface area (Å²) in [6, 6.07) is 6.64. The summed E-state index contributed by atoms with van der Waals surface area (Å²) >= 11 is 0. The Hall–Kier alpha value is -1.15. The van der Waals surface area contributed by atoms with Gasteiger partial charge in [0, 0.05) is 24.6 Å². The van der Waals surface area contributed by atoms with Crippen LogP contribution in [0, 0.1) is 13.8 Å². The largest absolute Gasteiger partial charge is 0.314 e. The van der Waals surface area contributed by atoms with Gasteiger partial charge in [-0.15, -0.1) is 0 Å². The lowest BCUT2D eigenvalue weighted by Gasteiger charge is -2.11. The lowest BCUT2D eigenvalue weighted by Crippen LogP contribution is -2.28. The van der Waals surface area contributed by atoms with Crippen molar-refractivity contribution in [3.05, 3.63) is 34.9 Å². The van der Waals surface area contributed by atoms with Crippen LogP contribution in [-0.4, -0.2) is 18.4 Å². The van der Waals surface area contributed by atoms with Crippen LogP contribution in [0.2, 0.25) is 0 Å². The number of hydrogen-bond donors (Lipinski definition) is 1. The Bertz CT molecular complexity index is 419. The molecule has 2 heteroatoms. The third-order valence-corrected chi connectivity index (χ3v) is 3.97. The van der Waals surface area contributed by atoms with E-state index >= 15 is 0 Å². The van der Waals surface area contributed by atoms with Gasteiger partial charge in [-0.2, -0.15) is 0 Å². The van der Waals surface area contributed by atoms with Crippen molar-refractivity contribution in [3.63, 3.8) is 0 Å². The highest BCUT2D eigenvalue weighted by atomic mass is 16.1. The van der Waals surface area contributed by atoms with E-state index in [1.807, 2.05) is 18.2 Å². The fourth-order valence-corrected chi connectivity index (χ4v) is 2.58. The Morgan fingerprint density at radius 1 is 1.22 bits per heavy atom. The molecule has 1 aromatic rings. The Labute approximate surface area is 110 Å². The van der Waals surface area contributed by atoms with E-state index < -0.39 is 0 Å². The molecule has 0 unspecified atom stereocenters. The monoisotopic (exact) mass is 245 g/mol. The Morgan fingerprint density at radius 3 is 2.61 bits per heavy atom. The number of Topliss-reactive ketones (excluding diaryl/α,β-unsaturated/α-hetero) is 1. The van der Waals surface area contributed by atoms with Gasteiger partial charge in [-0.1, -0.05) is 25.0 Å². The molecule has 0 bridgehead atoms. The maximum absolute atomic E-state index is 12.0. The number of ketones is 1. The summed E-state index contributed by atoms with van der Waals surface area (Å²) in [5.41, 5.74) is 3.30. The molecule has 1 N–H and O–H groups in total. The zero-order valence-corrected chi connectivity index (χ0v) is 11.5. The molecule has 0 atom stereocenters. The highest BCUT2D eigenvalue weighted by Gasteiger charge is 2.14. The SMILES string of the molecule is Cc1ccc(C(=O)CCNC2CCCC2)cc1C. The number of rotatable bonds is 5. The van der Waals surface area contributed by atoms with E-state index in [0.29, 0.717) is 12.5 Å². The molecule has 0 amide bonds. The van der Waals surface area contributed by atoms with Crippen LogP contribution in [0.25, 0.3) is 0 Å². The highest BCUT2D eigenvalue weighted by Crippen LogP contribution is 2.17. The minimum Gasteiger partial charge on any atom is -0.314 e. The third-order valence-electron chi connectivity index (χ3n) is 3.97. The lowest BCUT2D eigenvalue weighted by atomic mass is 10.0. The number of aryl methyl sites for hydroxylation is 2. The Balaban J connectivity index is 1.81. The summed E-state index contributed by atoms with van der Waals surface area (Å²) in [4.78, 5) is 12.0. The Morgan fingerprint density at radius 2 is 1.94 bits per heavy atom. The third kappa shape index (κ3) is 3.42. The molecule has 0 heterocycles. The van der Waals surface area contributed by atoms with Crippen LogP contribution < -0.4 is 5.32 Å². The van der Waals surface area contributed by atoms with Crippen molar-refractivity contribution in [1.29, 1.82) is 0 Å². The highest BCUT2D eigenvalue weighted by molar-refractivity contribution is 5.96. The molecule has 1 aliphatic rings. The summed E-state index contributed by atoms with van der Waals surface area (Å²) in [5.74, 6) is 0.253. The first kappa shape index (κ1) is 13.3. The predicted molar refractivity (Wildman–Crippen MR) is 75.1 cm³/mol. The van der Waals surface area contributed by atoms with E-state index in [4.69, 9.17) is 0 Å². The van der Waals surface area contributed by atoms with Gasteiger partial charge in [0.15, 0.2) is 5.78 Å². The fourth-order valence-electron chi connectivity index (χ4n) is 2.58. The molecule has 18 heavy (non-hydrogen) atoms. The summed E-state index contributed by atoms with van der Waals surface area (Å²) in [6.07, 6.45) is 5.83. The molecular formula is C16H23NO. The number of nitrogens with one attached hydrogen (secondary N) is 1. The first-order valence-electron chi connectivity index (χ1n) is 7.00. The first-order valence-corrected chi connectivity index (χ1v) is 7.00. The number of benzene rings is 1. The molecule has 0 saturated heterocycles. The Kier molecular flexibility index (Phi) is 4.54. The van der Waals surface area contributed by atoms with E-state index in [1.165, 1.54) is 36.8 Å². The van der Waals surface area contributed by atoms with Crippen LogP contribution in [0.1, 0.15) is 53.6 Å². The minimum atomic E-state index is 0.253. The van der Waals surface area contributed by atoms with Crippen molar-refractivity contribution < 1.29 is 4.79 Å². The average Bonchev–Trinajstić information content (AvgIpc) is 2.85. The van der Waals surface area contributed by atoms with Crippen LogP contribution in [0.15, 0.2) is 18.2 Å². The van der Waals surface area contributed by atoms with Crippen molar-refractivity contribution in [1.82, 2.24) is 5.32 Å². The van der Waals surface area contributed by atoms with Crippen LogP contribution in [-0.2, 0) is 0 Å². The minimum absolute atomic E-state index is 0.253. The number of carbonyl (C=O) groups is 1. The van der Waals surface area contributed by atoms with Gasteiger partial charge in [0.05, 0.1) is 0 Å². The van der Waals surface area contributed by atoms with E-state index in [2.05, 4.69) is 19.2 Å². The molecular weight excluding hydrogens is 222 g/mol. The predicted octanol–water partition coefficient (Wildman–Crippen LogP) is 3.41. The van der Waals surface area contributed by atoms with Gasteiger partial charge in [0.1, 0.15) is 0 Å². The molecule has 0 radical (unpaired) electrons. The maximum Gasteiger partial charge on any atom is 0.164 e. The standard InChI is InChI=1S/C16H23NO/c1-12-7-8-14(11-13(12)2)16(18)9-10-17-15-5-3-4-6-15/h7-8,11,15,17H,3-6,9-10H2,1-2H3. The van der Waals surface area contributed by atoms with Crippen molar-refractivity contribution in [2.24, 2.45) is 0 Å². The first-order chi connectivity index (χ1) is 8.66. The lowest BCUT2D eigenvalue weighted by molar-refractivity contribution is 0.0981. The van der Waals surface area contributed by atoms with Gasteiger partial charge >= 0.3 is 0 Å². The van der Waals surface area contributed by atoms with E-state index in [0.717, 1.165) is 12.1 Å². The van der Waals surface area contributed by atoms with Crippen molar-refractivity contribution in [2.75, 3.05) is 6.54 Å². The zero-order chi connectivity index (χ0) is 13.0. The van der Waals surface area contributed by atoms with E-state index in [-0.39, 0.29) is 5.78 Å². The molecule has 1 aromatic carbocycles. The van der Waals surface area contributed by atoms with Gasteiger partial charge in [-0.3, -0.25) is 4.79 Å². The van der Waals surface area contributed by atoms with Gasteiger partial charge < -0.3 is 5.32 Å². The quantitative estimate of drug-likeness (QED) is 0.805. The van der Waals surface area contributed by atoms with Crippen molar-refractivity contribution in [3.8, 4) is 0 Å². The second kappa shape index (κ2) is 6.14. The maximum atomic E-state index is 12.0. The molecule has 0 aromatic heterocycles. The molecule has 1 aliphatic carbocycles. The van der Waals surface area contributed by atoms with E-state index in [9.17, 15) is 4.79 Å². The van der Waals surface area contributed by atoms with Crippen LogP contribution in [0.4, 0.5) is 0 Å². The fraction of sp³-hybridized carbons (Fsp3) is 0.562. The normalized spacial score (nSPS) is 16.1. The molecule has 98 valence electrons. The summed E-state index contributed by atoms with van der Waals surface area (Å²) in [7, 11) is 0. The van der Waals surface area contributed by atoms with Gasteiger partial charge in [0.2, 0.25) is 0 Å². The number of hydrogen-bond acceptors (Lipinski definition) is 2. The van der Waals surface area contributed by atoms with Crippen LogP contribution >= 0.6 is 0 Å². The van der Waals surface area contributed by atoms with Gasteiger partial charge in [-0.25, -0.2) is 0 Å². The second-order valence-electron chi connectivity index (χ2n) is 5.41. The summed E-state index contributed by atoms with van der Waals surface area (Å²) < 4.78 is 0. The number of carbonyl (C=O) groups excluding carboxylic acids is 1. The summed E-state index contributed by atoms with van der Waals surface area (Å²) in [5, 5.41) is 3.49. The molecule has 2 nitrogen and oxygen atoms in total. The molecule has 2 rings (SSSR count). The van der Waals surface area contributed by atoms with Crippen molar-refractivity contribution in [2.45, 2.75) is 52.0 Å². The smallest absolute Gasteiger partial charge is 0.164 e. The van der Waals surface area contributed by atoms with Gasteiger partial charge in [0.25, 0.3) is 0 Å². The zero-order valence-electron chi connectivity index (χ0n) is 11.5. The topological polar surface area (TPSA) is 29.1 Å². The second-order valence-corrected chi connectivity index (χ2v) is 5.41. The van der Waals surface area contributed by atoms with Crippen LogP contribution in [0.5, 0.6) is 0 Å². The molecule has 0 spiro atoms. The van der Waals surface area contributed by atoms with Crippen molar-refractivity contribution >= 4 is 5.78 Å². The molecule has 1 saturated carbocycles. The molecule has 1 fully saturated rings. The average molecular weight is 245 g/mol. The summed E-state index contributed by atoms with van der Waals surface area (Å²) in [6.45, 7) is 4.95. The van der Waals surface area contributed by atoms with Crippen LogP contribution in [0.3, 0.4) is 0 Å². The van der Waals surface area contributed by atoms with E-state index in [1.54, 1.807) is 0 Å². The molecule has 0 aliphatic heterocycles. The van der Waals surface area contributed by atoms with Gasteiger partial charge in [-0.05, 0) is 43.9 Å².